The Morgan fingerprint density at radius 2 is 2.26 bits per heavy atom. The Labute approximate surface area is 116 Å². The third kappa shape index (κ3) is 6.08. The summed E-state index contributed by atoms with van der Waals surface area (Å²) in [6.07, 6.45) is 4.96. The lowest BCUT2D eigenvalue weighted by Gasteiger charge is -2.13. The van der Waals surface area contributed by atoms with Crippen LogP contribution < -0.4 is 10.1 Å². The van der Waals surface area contributed by atoms with Crippen molar-refractivity contribution in [2.24, 2.45) is 5.92 Å². The van der Waals surface area contributed by atoms with E-state index >= 15 is 0 Å². The van der Waals surface area contributed by atoms with Crippen LogP contribution in [0.4, 0.5) is 0 Å². The van der Waals surface area contributed by atoms with Gasteiger partial charge in [-0.15, -0.1) is 0 Å². The third-order valence-corrected chi connectivity index (χ3v) is 3.47. The molecule has 1 saturated carbocycles. The Morgan fingerprint density at radius 1 is 1.42 bits per heavy atom. The summed E-state index contributed by atoms with van der Waals surface area (Å²) < 4.78 is 5.56. The van der Waals surface area contributed by atoms with Crippen molar-refractivity contribution in [1.82, 2.24) is 5.32 Å². The minimum absolute atomic E-state index is 0.346. The standard InChI is InChI=1S/C16H25NO2/c1-13-4-2-6-16(10-13)19-12-15(18)11-17-9-3-5-14-7-8-14/h2,4,6,10,14-15,17-18H,3,5,7-9,11-12H2,1H3. The van der Waals surface area contributed by atoms with Crippen molar-refractivity contribution in [2.45, 2.75) is 38.7 Å². The summed E-state index contributed by atoms with van der Waals surface area (Å²) in [5.41, 5.74) is 1.17. The van der Waals surface area contributed by atoms with E-state index < -0.39 is 6.10 Å². The van der Waals surface area contributed by atoms with E-state index in [2.05, 4.69) is 5.32 Å². The summed E-state index contributed by atoms with van der Waals surface area (Å²) in [6, 6.07) is 7.90. The van der Waals surface area contributed by atoms with Crippen molar-refractivity contribution < 1.29 is 9.84 Å². The molecule has 1 fully saturated rings. The molecule has 2 N–H and O–H groups in total. The second-order valence-electron chi connectivity index (χ2n) is 5.57. The predicted molar refractivity (Wildman–Crippen MR) is 77.5 cm³/mol. The van der Waals surface area contributed by atoms with Gasteiger partial charge in [-0.2, -0.15) is 0 Å². The minimum Gasteiger partial charge on any atom is -0.491 e. The molecule has 2 rings (SSSR count). The van der Waals surface area contributed by atoms with Crippen LogP contribution in [0.1, 0.15) is 31.2 Å². The summed E-state index contributed by atoms with van der Waals surface area (Å²) in [4.78, 5) is 0. The average molecular weight is 263 g/mol. The number of aryl methyl sites for hydroxylation is 1. The molecule has 1 atom stereocenters. The van der Waals surface area contributed by atoms with Gasteiger partial charge in [0.15, 0.2) is 0 Å². The first-order valence-electron chi connectivity index (χ1n) is 7.32. The van der Waals surface area contributed by atoms with E-state index in [0.717, 1.165) is 18.2 Å². The third-order valence-electron chi connectivity index (χ3n) is 3.47. The first-order valence-corrected chi connectivity index (χ1v) is 7.32. The normalized spacial score (nSPS) is 16.3. The van der Waals surface area contributed by atoms with Crippen LogP contribution in [0.15, 0.2) is 24.3 Å². The van der Waals surface area contributed by atoms with Crippen LogP contribution in [0.25, 0.3) is 0 Å². The maximum atomic E-state index is 9.81. The highest BCUT2D eigenvalue weighted by Crippen LogP contribution is 2.33. The van der Waals surface area contributed by atoms with Crippen LogP contribution >= 0.6 is 0 Å². The van der Waals surface area contributed by atoms with Gasteiger partial charge in [0.25, 0.3) is 0 Å². The molecule has 3 nitrogen and oxygen atoms in total. The van der Waals surface area contributed by atoms with Gasteiger partial charge in [-0.05, 0) is 49.9 Å². The number of benzene rings is 1. The minimum atomic E-state index is -0.443. The van der Waals surface area contributed by atoms with Gasteiger partial charge in [0.2, 0.25) is 0 Å². The van der Waals surface area contributed by atoms with Crippen molar-refractivity contribution in [3.63, 3.8) is 0 Å². The SMILES string of the molecule is Cc1cccc(OCC(O)CNCCCC2CC2)c1. The topological polar surface area (TPSA) is 41.5 Å². The van der Waals surface area contributed by atoms with Crippen LogP contribution in [-0.2, 0) is 0 Å². The number of ether oxygens (including phenoxy) is 1. The zero-order chi connectivity index (χ0) is 13.5. The van der Waals surface area contributed by atoms with Gasteiger partial charge >= 0.3 is 0 Å². The highest BCUT2D eigenvalue weighted by Gasteiger charge is 2.19. The second kappa shape index (κ2) is 7.51. The fraction of sp³-hybridized carbons (Fsp3) is 0.625. The van der Waals surface area contributed by atoms with Crippen molar-refractivity contribution in [3.8, 4) is 5.75 Å². The molecule has 0 aromatic heterocycles. The predicted octanol–water partition coefficient (Wildman–Crippen LogP) is 2.51. The van der Waals surface area contributed by atoms with Crippen LogP contribution in [-0.4, -0.2) is 30.9 Å². The molecule has 0 heterocycles. The van der Waals surface area contributed by atoms with E-state index in [-0.39, 0.29) is 0 Å². The zero-order valence-electron chi connectivity index (χ0n) is 11.8. The lowest BCUT2D eigenvalue weighted by atomic mass is 10.2. The number of aliphatic hydroxyl groups excluding tert-OH is 1. The van der Waals surface area contributed by atoms with Gasteiger partial charge in [-0.25, -0.2) is 0 Å². The quantitative estimate of drug-likeness (QED) is 0.673. The average Bonchev–Trinajstić information content (AvgIpc) is 3.20. The first-order chi connectivity index (χ1) is 9.24. The van der Waals surface area contributed by atoms with Crippen LogP contribution in [0, 0.1) is 12.8 Å². The summed E-state index contributed by atoms with van der Waals surface area (Å²) in [5.74, 6) is 1.82. The molecule has 0 aliphatic heterocycles. The van der Waals surface area contributed by atoms with E-state index in [1.165, 1.54) is 31.2 Å². The molecule has 1 unspecified atom stereocenters. The van der Waals surface area contributed by atoms with E-state index in [0.29, 0.717) is 13.2 Å². The second-order valence-corrected chi connectivity index (χ2v) is 5.57. The highest BCUT2D eigenvalue weighted by molar-refractivity contribution is 5.27. The molecular weight excluding hydrogens is 238 g/mol. The van der Waals surface area contributed by atoms with Crippen molar-refractivity contribution >= 4 is 0 Å². The summed E-state index contributed by atoms with van der Waals surface area (Å²) in [7, 11) is 0. The molecule has 0 radical (unpaired) electrons. The number of rotatable bonds is 9. The van der Waals surface area contributed by atoms with E-state index in [9.17, 15) is 5.11 Å². The van der Waals surface area contributed by atoms with Gasteiger partial charge in [0, 0.05) is 6.54 Å². The Morgan fingerprint density at radius 3 is 3.00 bits per heavy atom. The van der Waals surface area contributed by atoms with Gasteiger partial charge in [0.05, 0.1) is 0 Å². The monoisotopic (exact) mass is 263 g/mol. The molecule has 0 spiro atoms. The van der Waals surface area contributed by atoms with E-state index in [1.807, 2.05) is 31.2 Å². The fourth-order valence-corrected chi connectivity index (χ4v) is 2.15. The number of hydrogen-bond acceptors (Lipinski definition) is 3. The van der Waals surface area contributed by atoms with Crippen LogP contribution in [0.3, 0.4) is 0 Å². The number of nitrogens with one attached hydrogen (secondary N) is 1. The van der Waals surface area contributed by atoms with Gasteiger partial charge in [-0.3, -0.25) is 0 Å². The molecule has 1 aromatic rings. The molecule has 1 aromatic carbocycles. The number of aliphatic hydroxyl groups is 1. The van der Waals surface area contributed by atoms with Crippen molar-refractivity contribution in [1.29, 1.82) is 0 Å². The Hall–Kier alpha value is -1.06. The molecule has 19 heavy (non-hydrogen) atoms. The van der Waals surface area contributed by atoms with Gasteiger partial charge in [0.1, 0.15) is 18.5 Å². The molecule has 0 bridgehead atoms. The Balaban J connectivity index is 1.52. The van der Waals surface area contributed by atoms with Crippen LogP contribution in [0.5, 0.6) is 5.75 Å². The summed E-state index contributed by atoms with van der Waals surface area (Å²) in [6.45, 7) is 3.98. The molecule has 3 heteroatoms. The Kier molecular flexibility index (Phi) is 5.67. The smallest absolute Gasteiger partial charge is 0.119 e. The van der Waals surface area contributed by atoms with Crippen LogP contribution in [0.2, 0.25) is 0 Å². The molecule has 0 amide bonds. The largest absolute Gasteiger partial charge is 0.491 e. The maximum Gasteiger partial charge on any atom is 0.119 e. The summed E-state index contributed by atoms with van der Waals surface area (Å²) >= 11 is 0. The molecule has 1 aliphatic carbocycles. The lowest BCUT2D eigenvalue weighted by molar-refractivity contribution is 0.106. The number of hydrogen-bond donors (Lipinski definition) is 2. The molecule has 0 saturated heterocycles. The van der Waals surface area contributed by atoms with Gasteiger partial charge in [-0.1, -0.05) is 25.0 Å². The lowest BCUT2D eigenvalue weighted by Crippen LogP contribution is -2.32. The summed E-state index contributed by atoms with van der Waals surface area (Å²) in [5, 5.41) is 13.1. The molecule has 106 valence electrons. The fourth-order valence-electron chi connectivity index (χ4n) is 2.15. The van der Waals surface area contributed by atoms with Gasteiger partial charge < -0.3 is 15.2 Å². The maximum absolute atomic E-state index is 9.81. The van der Waals surface area contributed by atoms with Crippen molar-refractivity contribution in [3.05, 3.63) is 29.8 Å². The van der Waals surface area contributed by atoms with Crippen molar-refractivity contribution in [2.75, 3.05) is 19.7 Å². The molecule has 1 aliphatic rings. The van der Waals surface area contributed by atoms with E-state index in [4.69, 9.17) is 4.74 Å². The highest BCUT2D eigenvalue weighted by atomic mass is 16.5. The zero-order valence-corrected chi connectivity index (χ0v) is 11.8. The van der Waals surface area contributed by atoms with E-state index in [1.54, 1.807) is 0 Å². The molecular formula is C16H25NO2. The first kappa shape index (κ1) is 14.4. The Bertz CT molecular complexity index is 377.